The molecule has 0 radical (unpaired) electrons. The van der Waals surface area contributed by atoms with Crippen molar-refractivity contribution in [3.8, 4) is 45.8 Å². The lowest BCUT2D eigenvalue weighted by atomic mass is 9.85. The molecule has 0 unspecified atom stereocenters. The molecule has 62 heavy (non-hydrogen) atoms. The minimum Gasteiger partial charge on any atom is -0.309 e. The Morgan fingerprint density at radius 1 is 0.387 bits per heavy atom. The van der Waals surface area contributed by atoms with Gasteiger partial charge in [0.05, 0.1) is 58.5 Å². The number of nitriles is 2. The highest BCUT2D eigenvalue weighted by molar-refractivity contribution is 6.23. The second-order valence-corrected chi connectivity index (χ2v) is 15.2. The topological polar surface area (TPSA) is 66.2 Å². The van der Waals surface area contributed by atoms with Crippen LogP contribution in [0, 0.1) is 47.4 Å². The fraction of sp³-hybridized carbons (Fsp3) is 0. The summed E-state index contributed by atoms with van der Waals surface area (Å²) in [5, 5.41) is 26.6. The zero-order chi connectivity index (χ0) is 42.2. The molecule has 8 heteroatoms. The smallest absolute Gasteiger partial charge is 0.188 e. The van der Waals surface area contributed by atoms with Gasteiger partial charge in [0.1, 0.15) is 11.6 Å². The SMILES string of the molecule is [C-]#[N+]c1ccc2c(c1)c1cc(C#N)ccc1n2-c1ccc2c(-c3ccc(F)cc3)c3cc(-n4c5ccc(C#N)cc5c5cc([N+]#[C-])ccc54)ccc3c(-c3ccc(F)cc3)c2c1. The Morgan fingerprint density at radius 3 is 1.13 bits per heavy atom. The first-order valence-corrected chi connectivity index (χ1v) is 19.6. The molecule has 0 saturated heterocycles. The summed E-state index contributed by atoms with van der Waals surface area (Å²) in [7, 11) is 0. The summed E-state index contributed by atoms with van der Waals surface area (Å²) in [5.41, 5.74) is 10.5. The zero-order valence-corrected chi connectivity index (χ0v) is 32.5. The summed E-state index contributed by atoms with van der Waals surface area (Å²) in [6.07, 6.45) is 0. The Balaban J connectivity index is 1.27. The molecular formula is C54H26F2N6. The highest BCUT2D eigenvalue weighted by Gasteiger charge is 2.22. The normalized spacial score (nSPS) is 11.3. The van der Waals surface area contributed by atoms with Crippen molar-refractivity contribution in [2.75, 3.05) is 0 Å². The quantitative estimate of drug-likeness (QED) is 0.131. The van der Waals surface area contributed by atoms with Crippen molar-refractivity contribution in [2.24, 2.45) is 0 Å². The van der Waals surface area contributed by atoms with Gasteiger partial charge in [-0.2, -0.15) is 10.5 Å². The second-order valence-electron chi connectivity index (χ2n) is 15.2. The fourth-order valence-corrected chi connectivity index (χ4v) is 9.19. The third-order valence-electron chi connectivity index (χ3n) is 11.9. The second kappa shape index (κ2) is 13.8. The molecule has 286 valence electrons. The maximum absolute atomic E-state index is 14.7. The van der Waals surface area contributed by atoms with E-state index in [-0.39, 0.29) is 11.6 Å². The number of hydrogen-bond donors (Lipinski definition) is 0. The number of halogens is 2. The van der Waals surface area contributed by atoms with Crippen molar-refractivity contribution in [2.45, 2.75) is 0 Å². The molecule has 0 N–H and O–H groups in total. The molecule has 0 aliphatic carbocycles. The Hall–Kier alpha value is -9.08. The summed E-state index contributed by atoms with van der Waals surface area (Å²) < 4.78 is 33.6. The Morgan fingerprint density at radius 2 is 0.758 bits per heavy atom. The summed E-state index contributed by atoms with van der Waals surface area (Å²) in [6, 6.07) is 52.3. The molecule has 0 aliphatic heterocycles. The highest BCUT2D eigenvalue weighted by Crippen LogP contribution is 2.47. The van der Waals surface area contributed by atoms with Crippen LogP contribution in [-0.2, 0) is 0 Å². The summed E-state index contributed by atoms with van der Waals surface area (Å²) in [6.45, 7) is 15.4. The van der Waals surface area contributed by atoms with Gasteiger partial charge >= 0.3 is 0 Å². The number of aromatic nitrogens is 2. The first kappa shape index (κ1) is 36.0. The van der Waals surface area contributed by atoms with E-state index in [0.29, 0.717) is 22.5 Å². The molecule has 6 nitrogen and oxygen atoms in total. The van der Waals surface area contributed by atoms with Gasteiger partial charge in [-0.15, -0.1) is 0 Å². The molecule has 0 saturated carbocycles. The number of nitrogens with zero attached hydrogens (tertiary/aromatic N) is 6. The molecule has 11 aromatic rings. The highest BCUT2D eigenvalue weighted by atomic mass is 19.1. The predicted molar refractivity (Wildman–Crippen MR) is 243 cm³/mol. The van der Waals surface area contributed by atoms with Gasteiger partial charge in [0.2, 0.25) is 0 Å². The summed E-state index contributed by atoms with van der Waals surface area (Å²) >= 11 is 0. The minimum absolute atomic E-state index is 0.360. The van der Waals surface area contributed by atoms with Gasteiger partial charge in [-0.05, 0) is 164 Å². The van der Waals surface area contributed by atoms with Crippen molar-refractivity contribution >= 4 is 76.5 Å². The van der Waals surface area contributed by atoms with E-state index >= 15 is 0 Å². The van der Waals surface area contributed by atoms with E-state index in [1.54, 1.807) is 48.5 Å². The number of fused-ring (bicyclic) bond motifs is 8. The van der Waals surface area contributed by atoms with E-state index in [2.05, 4.69) is 55.2 Å². The molecule has 0 fully saturated rings. The molecule has 0 bridgehead atoms. The lowest BCUT2D eigenvalue weighted by Crippen LogP contribution is -1.98. The first-order chi connectivity index (χ1) is 30.3. The van der Waals surface area contributed by atoms with Crippen molar-refractivity contribution < 1.29 is 8.78 Å². The van der Waals surface area contributed by atoms with Crippen LogP contribution in [0.5, 0.6) is 0 Å². The van der Waals surface area contributed by atoms with Crippen LogP contribution in [0.25, 0.3) is 108 Å². The molecule has 0 spiro atoms. The van der Waals surface area contributed by atoms with E-state index in [1.165, 1.54) is 24.3 Å². The number of hydrogen-bond acceptors (Lipinski definition) is 2. The van der Waals surface area contributed by atoms with Crippen LogP contribution in [0.2, 0.25) is 0 Å². The Bertz CT molecular complexity index is 3520. The van der Waals surface area contributed by atoms with Crippen molar-refractivity contribution in [3.63, 3.8) is 0 Å². The van der Waals surface area contributed by atoms with E-state index in [9.17, 15) is 19.3 Å². The van der Waals surface area contributed by atoms with E-state index in [1.807, 2.05) is 60.7 Å². The van der Waals surface area contributed by atoms with Crippen molar-refractivity contribution in [1.82, 2.24) is 9.13 Å². The maximum atomic E-state index is 14.7. The van der Waals surface area contributed by atoms with E-state index in [4.69, 9.17) is 13.1 Å². The Kier molecular flexibility index (Phi) is 8.00. The van der Waals surface area contributed by atoms with Crippen LogP contribution >= 0.6 is 0 Å². The lowest BCUT2D eigenvalue weighted by Gasteiger charge is -2.20. The third-order valence-corrected chi connectivity index (χ3v) is 11.9. The zero-order valence-electron chi connectivity index (χ0n) is 32.5. The third kappa shape index (κ3) is 5.43. The van der Waals surface area contributed by atoms with Crippen molar-refractivity contribution in [3.05, 3.63) is 203 Å². The minimum atomic E-state index is -0.360. The fourth-order valence-electron chi connectivity index (χ4n) is 9.19. The van der Waals surface area contributed by atoms with Gasteiger partial charge < -0.3 is 9.13 Å². The van der Waals surface area contributed by atoms with E-state index in [0.717, 1.165) is 98.8 Å². The first-order valence-electron chi connectivity index (χ1n) is 19.6. The average Bonchev–Trinajstić information content (AvgIpc) is 3.82. The molecule has 0 atom stereocenters. The molecule has 0 aliphatic rings. The Labute approximate surface area is 352 Å². The average molecular weight is 797 g/mol. The number of benzene rings is 9. The predicted octanol–water partition coefficient (Wildman–Crippen LogP) is 14.6. The van der Waals surface area contributed by atoms with Crippen LogP contribution < -0.4 is 0 Å². The summed E-state index contributed by atoms with van der Waals surface area (Å²) in [4.78, 5) is 7.37. The molecular weight excluding hydrogens is 771 g/mol. The van der Waals surface area contributed by atoms with Crippen LogP contribution in [0.1, 0.15) is 11.1 Å². The molecule has 2 heterocycles. The number of rotatable bonds is 4. The van der Waals surface area contributed by atoms with Gasteiger partial charge in [0.15, 0.2) is 11.4 Å². The molecule has 0 amide bonds. The molecule has 2 aromatic heterocycles. The van der Waals surface area contributed by atoms with Gasteiger partial charge in [0.25, 0.3) is 0 Å². The van der Waals surface area contributed by atoms with Crippen LogP contribution in [0.4, 0.5) is 20.2 Å². The standard InChI is InChI=1S/C54H26F2N6/c1-59-37-13-21-51-45(25-37)43-23-31(29-57)3-19-49(43)61(51)39-15-17-41-47(27-39)53(33-5-9-35(55)10-6-33)42-18-16-40(28-48(42)54(41)34-7-11-36(56)12-8-34)62-50-20-4-32(30-58)24-44(50)46-26-38(60-2)14-22-52(46)62/h3-28H. The summed E-state index contributed by atoms with van der Waals surface area (Å²) in [5.74, 6) is -0.720. The largest absolute Gasteiger partial charge is 0.309 e. The van der Waals surface area contributed by atoms with Crippen LogP contribution in [0.3, 0.4) is 0 Å². The monoisotopic (exact) mass is 796 g/mol. The van der Waals surface area contributed by atoms with Crippen LogP contribution in [0.15, 0.2) is 158 Å². The maximum Gasteiger partial charge on any atom is 0.188 e. The van der Waals surface area contributed by atoms with Gasteiger partial charge in [-0.3, -0.25) is 0 Å². The van der Waals surface area contributed by atoms with E-state index < -0.39 is 0 Å². The lowest BCUT2D eigenvalue weighted by molar-refractivity contribution is 0.627. The van der Waals surface area contributed by atoms with Gasteiger partial charge in [0, 0.05) is 22.1 Å². The van der Waals surface area contributed by atoms with Crippen molar-refractivity contribution in [1.29, 1.82) is 10.5 Å². The van der Waals surface area contributed by atoms with Gasteiger partial charge in [-0.1, -0.05) is 48.5 Å². The van der Waals surface area contributed by atoms with Gasteiger partial charge in [-0.25, -0.2) is 18.5 Å². The molecule has 9 aromatic carbocycles. The van der Waals surface area contributed by atoms with Crippen LogP contribution in [-0.4, -0.2) is 9.13 Å². The molecule has 11 rings (SSSR count).